The van der Waals surface area contributed by atoms with Gasteiger partial charge in [-0.1, -0.05) is 0 Å². The molecule has 2 atom stereocenters. The number of ether oxygens (including phenoxy) is 1. The number of methoxy groups -OCH3 is 1. The van der Waals surface area contributed by atoms with E-state index in [2.05, 4.69) is 15.1 Å². The van der Waals surface area contributed by atoms with E-state index in [1.54, 1.807) is 7.11 Å². The number of aliphatic hydroxyl groups excluding tert-OH is 1. The fourth-order valence-corrected chi connectivity index (χ4v) is 2.78. The molecule has 2 fully saturated rings. The zero-order valence-corrected chi connectivity index (χ0v) is 11.2. The topological polar surface area (TPSA) is 61.7 Å². The summed E-state index contributed by atoms with van der Waals surface area (Å²) in [6, 6.07) is 3.99. The minimum Gasteiger partial charge on any atom is -0.388 e. The van der Waals surface area contributed by atoms with Crippen LogP contribution in [-0.4, -0.2) is 60.8 Å². The van der Waals surface area contributed by atoms with Gasteiger partial charge in [0.1, 0.15) is 6.10 Å². The van der Waals surface area contributed by atoms with Crippen molar-refractivity contribution in [2.75, 3.05) is 43.1 Å². The van der Waals surface area contributed by atoms with Crippen LogP contribution in [0.1, 0.15) is 12.8 Å². The Morgan fingerprint density at radius 3 is 2.26 bits per heavy atom. The summed E-state index contributed by atoms with van der Waals surface area (Å²) in [4.78, 5) is 4.27. The Morgan fingerprint density at radius 2 is 1.74 bits per heavy atom. The molecule has 2 aliphatic heterocycles. The predicted octanol–water partition coefficient (Wildman–Crippen LogP) is 0.273. The Labute approximate surface area is 113 Å². The van der Waals surface area contributed by atoms with Crippen molar-refractivity contribution < 1.29 is 9.84 Å². The number of hydrogen-bond acceptors (Lipinski definition) is 6. The first-order valence-corrected chi connectivity index (χ1v) is 6.82. The van der Waals surface area contributed by atoms with E-state index in [1.807, 2.05) is 17.0 Å². The Bertz CT molecular complexity index is 419. The molecule has 3 rings (SSSR count). The zero-order valence-electron chi connectivity index (χ0n) is 11.2. The molecule has 0 aliphatic carbocycles. The highest BCUT2D eigenvalue weighted by molar-refractivity contribution is 5.46. The van der Waals surface area contributed by atoms with Gasteiger partial charge in [0.05, 0.1) is 6.10 Å². The molecule has 0 unspecified atom stereocenters. The van der Waals surface area contributed by atoms with E-state index in [9.17, 15) is 5.11 Å². The minimum atomic E-state index is -0.454. The summed E-state index contributed by atoms with van der Waals surface area (Å²) < 4.78 is 5.23. The van der Waals surface area contributed by atoms with Crippen molar-refractivity contribution in [1.29, 1.82) is 0 Å². The largest absolute Gasteiger partial charge is 0.388 e. The average molecular weight is 264 g/mol. The number of nitrogens with zero attached hydrogens (tertiary/aromatic N) is 4. The van der Waals surface area contributed by atoms with E-state index in [-0.39, 0.29) is 6.10 Å². The first kappa shape index (κ1) is 12.6. The lowest BCUT2D eigenvalue weighted by atomic mass is 10.3. The molecule has 3 heterocycles. The summed E-state index contributed by atoms with van der Waals surface area (Å²) >= 11 is 0. The van der Waals surface area contributed by atoms with E-state index in [1.165, 1.54) is 12.8 Å². The van der Waals surface area contributed by atoms with Gasteiger partial charge in [0.25, 0.3) is 0 Å². The Hall–Kier alpha value is -1.40. The standard InChI is InChI=1S/C13H20N4O2/c1-19-11-9-17(8-10(11)18)13-5-4-12(14-15-13)16-6-2-3-7-16/h4-5,10-11,18H,2-3,6-9H2,1H3/t10-,11-/m1/s1. The predicted molar refractivity (Wildman–Crippen MR) is 72.5 cm³/mol. The molecule has 6 heteroatoms. The lowest BCUT2D eigenvalue weighted by Gasteiger charge is -2.19. The van der Waals surface area contributed by atoms with E-state index in [4.69, 9.17) is 4.74 Å². The molecule has 104 valence electrons. The molecule has 1 aromatic heterocycles. The van der Waals surface area contributed by atoms with Crippen LogP contribution in [0.2, 0.25) is 0 Å². The molecule has 1 aromatic rings. The second-order valence-electron chi connectivity index (χ2n) is 5.19. The molecule has 0 saturated carbocycles. The molecule has 0 aromatic carbocycles. The summed E-state index contributed by atoms with van der Waals surface area (Å²) in [6.07, 6.45) is 1.87. The van der Waals surface area contributed by atoms with Gasteiger partial charge in [0, 0.05) is 33.3 Å². The van der Waals surface area contributed by atoms with E-state index in [0.29, 0.717) is 13.1 Å². The van der Waals surface area contributed by atoms with Gasteiger partial charge < -0.3 is 19.6 Å². The van der Waals surface area contributed by atoms with Crippen LogP contribution in [-0.2, 0) is 4.74 Å². The summed E-state index contributed by atoms with van der Waals surface area (Å²) in [5.74, 6) is 1.76. The first-order chi connectivity index (χ1) is 9.28. The van der Waals surface area contributed by atoms with Crippen LogP contribution in [0.4, 0.5) is 11.6 Å². The molecule has 0 bridgehead atoms. The normalized spacial score (nSPS) is 27.3. The highest BCUT2D eigenvalue weighted by Crippen LogP contribution is 2.22. The van der Waals surface area contributed by atoms with Gasteiger partial charge in [-0.15, -0.1) is 10.2 Å². The Kier molecular flexibility index (Phi) is 3.52. The monoisotopic (exact) mass is 264 g/mol. The van der Waals surface area contributed by atoms with Crippen molar-refractivity contribution in [1.82, 2.24) is 10.2 Å². The summed E-state index contributed by atoms with van der Waals surface area (Å²) in [7, 11) is 1.62. The lowest BCUT2D eigenvalue weighted by molar-refractivity contribution is 0.0217. The van der Waals surface area contributed by atoms with Gasteiger partial charge in [-0.3, -0.25) is 0 Å². The molecule has 0 radical (unpaired) electrons. The third kappa shape index (κ3) is 2.50. The number of anilines is 2. The number of hydrogen-bond donors (Lipinski definition) is 1. The van der Waals surface area contributed by atoms with E-state index >= 15 is 0 Å². The van der Waals surface area contributed by atoms with Crippen molar-refractivity contribution in [2.45, 2.75) is 25.0 Å². The fraction of sp³-hybridized carbons (Fsp3) is 0.692. The molecule has 2 aliphatic rings. The number of aromatic nitrogens is 2. The molecule has 0 amide bonds. The second kappa shape index (κ2) is 5.30. The minimum absolute atomic E-state index is 0.139. The first-order valence-electron chi connectivity index (χ1n) is 6.82. The third-order valence-electron chi connectivity index (χ3n) is 3.93. The summed E-state index contributed by atoms with van der Waals surface area (Å²) in [6.45, 7) is 3.36. The van der Waals surface area contributed by atoms with Crippen LogP contribution >= 0.6 is 0 Å². The highest BCUT2D eigenvalue weighted by Gasteiger charge is 2.32. The van der Waals surface area contributed by atoms with Crippen molar-refractivity contribution in [3.63, 3.8) is 0 Å². The molecule has 0 spiro atoms. The highest BCUT2D eigenvalue weighted by atomic mass is 16.5. The molecule has 2 saturated heterocycles. The van der Waals surface area contributed by atoms with Crippen molar-refractivity contribution in [2.24, 2.45) is 0 Å². The van der Waals surface area contributed by atoms with Crippen molar-refractivity contribution >= 4 is 11.6 Å². The number of β-amino-alcohol motifs (C(OH)–C–C–N with tert-alkyl or cyclic N) is 1. The number of rotatable bonds is 3. The number of aliphatic hydroxyl groups is 1. The molecular formula is C13H20N4O2. The van der Waals surface area contributed by atoms with Gasteiger partial charge >= 0.3 is 0 Å². The van der Waals surface area contributed by atoms with Crippen LogP contribution < -0.4 is 9.80 Å². The van der Waals surface area contributed by atoms with Gasteiger partial charge in [-0.05, 0) is 25.0 Å². The quantitative estimate of drug-likeness (QED) is 0.846. The Morgan fingerprint density at radius 1 is 1.11 bits per heavy atom. The summed E-state index contributed by atoms with van der Waals surface area (Å²) in [5.41, 5.74) is 0. The van der Waals surface area contributed by atoms with Crippen LogP contribution in [0.25, 0.3) is 0 Å². The average Bonchev–Trinajstić information content (AvgIpc) is 3.08. The maximum absolute atomic E-state index is 9.82. The molecule has 1 N–H and O–H groups in total. The van der Waals surface area contributed by atoms with Gasteiger partial charge in [-0.2, -0.15) is 0 Å². The molecule has 19 heavy (non-hydrogen) atoms. The van der Waals surface area contributed by atoms with E-state index in [0.717, 1.165) is 24.7 Å². The van der Waals surface area contributed by atoms with Crippen LogP contribution in [0.3, 0.4) is 0 Å². The smallest absolute Gasteiger partial charge is 0.151 e. The second-order valence-corrected chi connectivity index (χ2v) is 5.19. The van der Waals surface area contributed by atoms with Crippen LogP contribution in [0.5, 0.6) is 0 Å². The third-order valence-corrected chi connectivity index (χ3v) is 3.93. The maximum atomic E-state index is 9.82. The summed E-state index contributed by atoms with van der Waals surface area (Å²) in [5, 5.41) is 18.4. The van der Waals surface area contributed by atoms with Crippen LogP contribution in [0.15, 0.2) is 12.1 Å². The molecule has 6 nitrogen and oxygen atoms in total. The Balaban J connectivity index is 1.69. The molecular weight excluding hydrogens is 244 g/mol. The van der Waals surface area contributed by atoms with Gasteiger partial charge in [0.15, 0.2) is 11.6 Å². The fourth-order valence-electron chi connectivity index (χ4n) is 2.78. The van der Waals surface area contributed by atoms with Gasteiger partial charge in [0.2, 0.25) is 0 Å². The lowest BCUT2D eigenvalue weighted by Crippen LogP contribution is -2.25. The van der Waals surface area contributed by atoms with Crippen molar-refractivity contribution in [3.05, 3.63) is 12.1 Å². The van der Waals surface area contributed by atoms with E-state index < -0.39 is 6.10 Å². The van der Waals surface area contributed by atoms with Gasteiger partial charge in [-0.25, -0.2) is 0 Å². The van der Waals surface area contributed by atoms with Crippen molar-refractivity contribution in [3.8, 4) is 0 Å². The maximum Gasteiger partial charge on any atom is 0.151 e. The van der Waals surface area contributed by atoms with Crippen LogP contribution in [0, 0.1) is 0 Å². The zero-order chi connectivity index (χ0) is 13.2. The SMILES string of the molecule is CO[C@@H]1CN(c2ccc(N3CCCC3)nn2)C[C@H]1O.